The van der Waals surface area contributed by atoms with Gasteiger partial charge in [-0.2, -0.15) is 0 Å². The molecule has 1 aliphatic heterocycles. The van der Waals surface area contributed by atoms with Crippen LogP contribution in [0.5, 0.6) is 5.75 Å². The number of hydrogen-bond donors (Lipinski definition) is 1. The lowest BCUT2D eigenvalue weighted by molar-refractivity contribution is -0.0531. The van der Waals surface area contributed by atoms with Gasteiger partial charge in [0, 0.05) is 24.1 Å². The third kappa shape index (κ3) is 3.91. The molecule has 2 rings (SSSR count). The van der Waals surface area contributed by atoms with E-state index in [-0.39, 0.29) is 18.1 Å². The third-order valence-electron chi connectivity index (χ3n) is 3.34. The maximum absolute atomic E-state index is 14.2. The van der Waals surface area contributed by atoms with E-state index in [4.69, 9.17) is 14.2 Å². The van der Waals surface area contributed by atoms with Crippen LogP contribution in [-0.2, 0) is 9.47 Å². The molecule has 1 fully saturated rings. The summed E-state index contributed by atoms with van der Waals surface area (Å²) < 4.78 is 30.1. The fourth-order valence-corrected chi connectivity index (χ4v) is 2.29. The highest BCUT2D eigenvalue weighted by Gasteiger charge is 2.24. The molecule has 1 aromatic rings. The molecule has 1 aliphatic rings. The second-order valence-corrected chi connectivity index (χ2v) is 4.80. The van der Waals surface area contributed by atoms with Gasteiger partial charge in [-0.1, -0.05) is 13.0 Å². The molecule has 1 atom stereocenters. The molecule has 1 N–H and O–H groups in total. The van der Waals surface area contributed by atoms with Crippen molar-refractivity contribution < 1.29 is 18.6 Å². The van der Waals surface area contributed by atoms with Gasteiger partial charge in [0.05, 0.1) is 20.3 Å². The lowest BCUT2D eigenvalue weighted by atomic mass is 10.0. The van der Waals surface area contributed by atoms with E-state index in [9.17, 15) is 4.39 Å². The highest BCUT2D eigenvalue weighted by Crippen LogP contribution is 2.27. The zero-order valence-corrected chi connectivity index (χ0v) is 12.0. The van der Waals surface area contributed by atoms with Crippen LogP contribution in [0.3, 0.4) is 0 Å². The van der Waals surface area contributed by atoms with E-state index in [1.807, 2.05) is 0 Å². The van der Waals surface area contributed by atoms with Crippen molar-refractivity contribution in [2.45, 2.75) is 32.1 Å². The maximum atomic E-state index is 14.2. The topological polar surface area (TPSA) is 39.7 Å². The Morgan fingerprint density at radius 3 is 2.75 bits per heavy atom. The fourth-order valence-electron chi connectivity index (χ4n) is 2.29. The van der Waals surface area contributed by atoms with Gasteiger partial charge in [0.25, 0.3) is 0 Å². The minimum Gasteiger partial charge on any atom is -0.497 e. The minimum atomic E-state index is -0.268. The van der Waals surface area contributed by atoms with Crippen LogP contribution in [0, 0.1) is 5.82 Å². The number of benzene rings is 1. The third-order valence-corrected chi connectivity index (χ3v) is 3.34. The van der Waals surface area contributed by atoms with Crippen molar-refractivity contribution in [3.63, 3.8) is 0 Å². The lowest BCUT2D eigenvalue weighted by Crippen LogP contribution is -2.27. The lowest BCUT2D eigenvalue weighted by Gasteiger charge is -2.22. The molecule has 0 amide bonds. The van der Waals surface area contributed by atoms with Crippen LogP contribution in [0.4, 0.5) is 4.39 Å². The smallest absolute Gasteiger partial charge is 0.159 e. The predicted octanol–water partition coefficient (Wildman–Crippen LogP) is 2.64. The van der Waals surface area contributed by atoms with E-state index in [1.54, 1.807) is 12.1 Å². The van der Waals surface area contributed by atoms with Gasteiger partial charge in [-0.15, -0.1) is 0 Å². The Bertz CT molecular complexity index is 422. The van der Waals surface area contributed by atoms with Gasteiger partial charge >= 0.3 is 0 Å². The van der Waals surface area contributed by atoms with Crippen molar-refractivity contribution in [3.8, 4) is 5.75 Å². The molecule has 1 unspecified atom stereocenters. The van der Waals surface area contributed by atoms with Crippen molar-refractivity contribution in [2.24, 2.45) is 0 Å². The Kier molecular flexibility index (Phi) is 5.76. The number of methoxy groups -OCH3 is 1. The fraction of sp³-hybridized carbons (Fsp3) is 0.600. The van der Waals surface area contributed by atoms with Crippen molar-refractivity contribution in [3.05, 3.63) is 29.6 Å². The van der Waals surface area contributed by atoms with Crippen molar-refractivity contribution >= 4 is 0 Å². The Morgan fingerprint density at radius 1 is 1.40 bits per heavy atom. The van der Waals surface area contributed by atoms with Crippen LogP contribution < -0.4 is 10.1 Å². The molecule has 20 heavy (non-hydrogen) atoms. The first kappa shape index (κ1) is 15.2. The summed E-state index contributed by atoms with van der Waals surface area (Å²) in [5, 5.41) is 3.35. The first-order valence-electron chi connectivity index (χ1n) is 7.04. The van der Waals surface area contributed by atoms with Gasteiger partial charge in [-0.3, -0.25) is 0 Å². The molecule has 112 valence electrons. The predicted molar refractivity (Wildman–Crippen MR) is 74.3 cm³/mol. The van der Waals surface area contributed by atoms with Crippen LogP contribution >= 0.6 is 0 Å². The van der Waals surface area contributed by atoms with E-state index in [0.717, 1.165) is 13.0 Å². The molecule has 0 spiro atoms. The first-order chi connectivity index (χ1) is 9.74. The van der Waals surface area contributed by atoms with Gasteiger partial charge in [0.15, 0.2) is 6.29 Å². The zero-order valence-electron chi connectivity index (χ0n) is 12.0. The van der Waals surface area contributed by atoms with Crippen molar-refractivity contribution in [1.29, 1.82) is 0 Å². The van der Waals surface area contributed by atoms with Crippen molar-refractivity contribution in [2.75, 3.05) is 26.9 Å². The largest absolute Gasteiger partial charge is 0.497 e. The Morgan fingerprint density at radius 2 is 2.15 bits per heavy atom. The first-order valence-corrected chi connectivity index (χ1v) is 7.04. The molecule has 0 saturated carbocycles. The standard InChI is InChI=1S/C15H22FNO3/c1-3-6-17-14(10-15-19-7-8-20-15)12-5-4-11(18-2)9-13(12)16/h4-5,9,14-15,17H,3,6-8,10H2,1-2H3. The van der Waals surface area contributed by atoms with Crippen LogP contribution in [0.2, 0.25) is 0 Å². The number of halogens is 1. The summed E-state index contributed by atoms with van der Waals surface area (Å²) in [5.74, 6) is 0.254. The van der Waals surface area contributed by atoms with Gasteiger partial charge < -0.3 is 19.5 Å². The summed E-state index contributed by atoms with van der Waals surface area (Å²) in [6.45, 7) is 4.12. The quantitative estimate of drug-likeness (QED) is 0.835. The average molecular weight is 283 g/mol. The van der Waals surface area contributed by atoms with E-state index < -0.39 is 0 Å². The Labute approximate surface area is 119 Å². The normalized spacial score (nSPS) is 17.4. The highest BCUT2D eigenvalue weighted by molar-refractivity contribution is 5.31. The molecule has 1 saturated heterocycles. The van der Waals surface area contributed by atoms with Gasteiger partial charge in [0.2, 0.25) is 0 Å². The molecule has 5 heteroatoms. The molecule has 1 heterocycles. The van der Waals surface area contributed by atoms with Crippen LogP contribution in [0.25, 0.3) is 0 Å². The van der Waals surface area contributed by atoms with Gasteiger partial charge in [-0.05, 0) is 19.0 Å². The molecule has 0 bridgehead atoms. The Balaban J connectivity index is 2.11. The van der Waals surface area contributed by atoms with Crippen LogP contribution in [-0.4, -0.2) is 33.2 Å². The molecular weight excluding hydrogens is 261 g/mol. The molecule has 0 aliphatic carbocycles. The summed E-state index contributed by atoms with van der Waals surface area (Å²) in [5.41, 5.74) is 0.623. The van der Waals surface area contributed by atoms with E-state index in [0.29, 0.717) is 30.9 Å². The number of nitrogens with one attached hydrogen (secondary N) is 1. The monoisotopic (exact) mass is 283 g/mol. The van der Waals surface area contributed by atoms with Gasteiger partial charge in [-0.25, -0.2) is 4.39 Å². The highest BCUT2D eigenvalue weighted by atomic mass is 19.1. The zero-order chi connectivity index (χ0) is 14.4. The number of rotatable bonds is 7. The average Bonchev–Trinajstić information content (AvgIpc) is 2.96. The van der Waals surface area contributed by atoms with Crippen LogP contribution in [0.1, 0.15) is 31.4 Å². The molecule has 4 nitrogen and oxygen atoms in total. The molecule has 1 aromatic carbocycles. The van der Waals surface area contributed by atoms with E-state index in [1.165, 1.54) is 13.2 Å². The summed E-state index contributed by atoms with van der Waals surface area (Å²) in [4.78, 5) is 0. The summed E-state index contributed by atoms with van der Waals surface area (Å²) in [6.07, 6.45) is 1.33. The summed E-state index contributed by atoms with van der Waals surface area (Å²) in [7, 11) is 1.53. The van der Waals surface area contributed by atoms with E-state index >= 15 is 0 Å². The molecule has 0 aromatic heterocycles. The SMILES string of the molecule is CCCNC(CC1OCCO1)c1ccc(OC)cc1F. The Hall–Kier alpha value is -1.17. The van der Waals surface area contributed by atoms with Crippen molar-refractivity contribution in [1.82, 2.24) is 5.32 Å². The second kappa shape index (κ2) is 7.57. The van der Waals surface area contributed by atoms with Gasteiger partial charge in [0.1, 0.15) is 11.6 Å². The summed E-state index contributed by atoms with van der Waals surface area (Å²) >= 11 is 0. The molecule has 0 radical (unpaired) electrons. The van der Waals surface area contributed by atoms with E-state index in [2.05, 4.69) is 12.2 Å². The maximum Gasteiger partial charge on any atom is 0.159 e. The summed E-state index contributed by atoms with van der Waals surface area (Å²) in [6, 6.07) is 4.82. The number of hydrogen-bond acceptors (Lipinski definition) is 4. The minimum absolute atomic E-state index is 0.121. The van der Waals surface area contributed by atoms with Crippen LogP contribution in [0.15, 0.2) is 18.2 Å². The second-order valence-electron chi connectivity index (χ2n) is 4.80. The number of ether oxygens (including phenoxy) is 3. The molecular formula is C15H22FNO3.